The SMILES string of the molecule is CC(C=O)=CC1C(C(=O)OCC(C)C)C1(C)C. The van der Waals surface area contributed by atoms with Gasteiger partial charge in [0.15, 0.2) is 0 Å². The van der Waals surface area contributed by atoms with Crippen molar-refractivity contribution in [2.45, 2.75) is 34.6 Å². The van der Waals surface area contributed by atoms with Gasteiger partial charge in [-0.15, -0.1) is 0 Å². The van der Waals surface area contributed by atoms with Crippen LogP contribution in [0.25, 0.3) is 0 Å². The smallest absolute Gasteiger partial charge is 0.310 e. The Balaban J connectivity index is 2.61. The fourth-order valence-electron chi connectivity index (χ4n) is 2.10. The van der Waals surface area contributed by atoms with Gasteiger partial charge in [-0.05, 0) is 29.7 Å². The summed E-state index contributed by atoms with van der Waals surface area (Å²) in [6.07, 6.45) is 2.71. The van der Waals surface area contributed by atoms with Crippen molar-refractivity contribution in [2.24, 2.45) is 23.2 Å². The largest absolute Gasteiger partial charge is 0.465 e. The van der Waals surface area contributed by atoms with E-state index in [-0.39, 0.29) is 23.2 Å². The molecule has 0 aromatic heterocycles. The molecule has 0 aromatic carbocycles. The fraction of sp³-hybridized carbons (Fsp3) is 0.714. The van der Waals surface area contributed by atoms with E-state index < -0.39 is 0 Å². The highest BCUT2D eigenvalue weighted by Crippen LogP contribution is 2.59. The molecule has 1 aliphatic rings. The first-order valence-electron chi connectivity index (χ1n) is 6.11. The summed E-state index contributed by atoms with van der Waals surface area (Å²) in [6, 6.07) is 0. The van der Waals surface area contributed by atoms with Gasteiger partial charge in [0.1, 0.15) is 6.29 Å². The number of aldehydes is 1. The summed E-state index contributed by atoms with van der Waals surface area (Å²) in [5.74, 6) is 0.249. The van der Waals surface area contributed by atoms with Crippen molar-refractivity contribution in [1.82, 2.24) is 0 Å². The minimum atomic E-state index is -0.136. The second-order valence-electron chi connectivity index (χ2n) is 5.88. The van der Waals surface area contributed by atoms with Crippen LogP contribution in [0.1, 0.15) is 34.6 Å². The van der Waals surface area contributed by atoms with Crippen molar-refractivity contribution in [3.8, 4) is 0 Å². The van der Waals surface area contributed by atoms with Crippen LogP contribution in [-0.4, -0.2) is 18.9 Å². The van der Waals surface area contributed by atoms with Gasteiger partial charge in [-0.1, -0.05) is 33.8 Å². The Bertz CT molecular complexity index is 339. The van der Waals surface area contributed by atoms with Crippen LogP contribution in [0.5, 0.6) is 0 Å². The lowest BCUT2D eigenvalue weighted by atomic mass is 10.1. The molecule has 0 radical (unpaired) electrons. The fourth-order valence-corrected chi connectivity index (χ4v) is 2.10. The summed E-state index contributed by atoms with van der Waals surface area (Å²) < 4.78 is 5.25. The average molecular weight is 238 g/mol. The van der Waals surface area contributed by atoms with E-state index >= 15 is 0 Å². The predicted molar refractivity (Wildman–Crippen MR) is 66.4 cm³/mol. The molecule has 1 fully saturated rings. The van der Waals surface area contributed by atoms with Crippen molar-refractivity contribution < 1.29 is 14.3 Å². The van der Waals surface area contributed by atoms with E-state index in [1.54, 1.807) is 6.92 Å². The molecule has 3 nitrogen and oxygen atoms in total. The average Bonchev–Trinajstić information content (AvgIpc) is 2.76. The van der Waals surface area contributed by atoms with E-state index in [0.717, 1.165) is 6.29 Å². The molecule has 96 valence electrons. The van der Waals surface area contributed by atoms with Gasteiger partial charge in [-0.2, -0.15) is 0 Å². The van der Waals surface area contributed by atoms with Crippen LogP contribution in [0, 0.1) is 23.2 Å². The molecule has 2 unspecified atom stereocenters. The third kappa shape index (κ3) is 3.18. The number of ether oxygens (including phenoxy) is 1. The third-order valence-corrected chi connectivity index (χ3v) is 3.35. The molecule has 0 aromatic rings. The predicted octanol–water partition coefficient (Wildman–Crippen LogP) is 2.60. The summed E-state index contributed by atoms with van der Waals surface area (Å²) in [5.41, 5.74) is 0.598. The number of carbonyl (C=O) groups is 2. The van der Waals surface area contributed by atoms with Gasteiger partial charge in [-0.3, -0.25) is 9.59 Å². The standard InChI is InChI=1S/C14H22O3/c1-9(2)8-17-13(16)12-11(14(12,4)5)6-10(3)7-15/h6-7,9,11-12H,8H2,1-5H3. The van der Waals surface area contributed by atoms with Crippen molar-refractivity contribution >= 4 is 12.3 Å². The molecule has 0 N–H and O–H groups in total. The monoisotopic (exact) mass is 238 g/mol. The Kier molecular flexibility index (Phi) is 4.12. The van der Waals surface area contributed by atoms with Crippen LogP contribution in [-0.2, 0) is 14.3 Å². The van der Waals surface area contributed by atoms with E-state index in [4.69, 9.17) is 4.74 Å². The highest BCUT2D eigenvalue weighted by molar-refractivity contribution is 5.79. The molecule has 1 saturated carbocycles. The van der Waals surface area contributed by atoms with Crippen molar-refractivity contribution in [1.29, 1.82) is 0 Å². The first-order valence-corrected chi connectivity index (χ1v) is 6.11. The van der Waals surface area contributed by atoms with E-state index in [1.165, 1.54) is 0 Å². The van der Waals surface area contributed by atoms with Gasteiger partial charge < -0.3 is 4.74 Å². The molecule has 0 heterocycles. The van der Waals surface area contributed by atoms with Crippen molar-refractivity contribution in [2.75, 3.05) is 6.61 Å². The van der Waals surface area contributed by atoms with Gasteiger partial charge >= 0.3 is 5.97 Å². The van der Waals surface area contributed by atoms with Crippen LogP contribution in [0.3, 0.4) is 0 Å². The number of esters is 1. The van der Waals surface area contributed by atoms with E-state index in [2.05, 4.69) is 0 Å². The Hall–Kier alpha value is -1.12. The lowest BCUT2D eigenvalue weighted by molar-refractivity contribution is -0.147. The Labute approximate surface area is 103 Å². The highest BCUT2D eigenvalue weighted by atomic mass is 16.5. The van der Waals surface area contributed by atoms with E-state index in [1.807, 2.05) is 33.8 Å². The number of hydrogen-bond donors (Lipinski definition) is 0. The zero-order valence-corrected chi connectivity index (χ0v) is 11.3. The molecule has 1 aliphatic carbocycles. The molecule has 0 aliphatic heterocycles. The minimum Gasteiger partial charge on any atom is -0.465 e. The molecule has 1 rings (SSSR count). The van der Waals surface area contributed by atoms with Crippen molar-refractivity contribution in [3.05, 3.63) is 11.6 Å². The van der Waals surface area contributed by atoms with Gasteiger partial charge in [0.25, 0.3) is 0 Å². The second kappa shape index (κ2) is 5.03. The first kappa shape index (κ1) is 13.9. The van der Waals surface area contributed by atoms with Gasteiger partial charge in [0.05, 0.1) is 12.5 Å². The minimum absolute atomic E-state index is 0.0850. The summed E-state index contributed by atoms with van der Waals surface area (Å²) in [6.45, 7) is 10.3. The Morgan fingerprint density at radius 3 is 2.47 bits per heavy atom. The quantitative estimate of drug-likeness (QED) is 0.420. The first-order chi connectivity index (χ1) is 7.80. The zero-order valence-electron chi connectivity index (χ0n) is 11.3. The van der Waals surface area contributed by atoms with Crippen LogP contribution in [0.15, 0.2) is 11.6 Å². The maximum Gasteiger partial charge on any atom is 0.310 e. The molecule has 2 atom stereocenters. The Morgan fingerprint density at radius 2 is 2.00 bits per heavy atom. The van der Waals surface area contributed by atoms with Crippen LogP contribution in [0.4, 0.5) is 0 Å². The highest BCUT2D eigenvalue weighted by Gasteiger charge is 2.61. The second-order valence-corrected chi connectivity index (χ2v) is 5.88. The molecule has 17 heavy (non-hydrogen) atoms. The third-order valence-electron chi connectivity index (χ3n) is 3.35. The van der Waals surface area contributed by atoms with Gasteiger partial charge in [0, 0.05) is 0 Å². The lowest BCUT2D eigenvalue weighted by Crippen LogP contribution is -2.14. The van der Waals surface area contributed by atoms with Crippen LogP contribution < -0.4 is 0 Å². The normalized spacial score (nSPS) is 26.8. The maximum absolute atomic E-state index is 11.9. The molecule has 3 heteroatoms. The number of allylic oxidation sites excluding steroid dienone is 2. The maximum atomic E-state index is 11.9. The van der Waals surface area contributed by atoms with E-state index in [9.17, 15) is 9.59 Å². The zero-order chi connectivity index (χ0) is 13.2. The number of rotatable bonds is 5. The number of hydrogen-bond acceptors (Lipinski definition) is 3. The van der Waals surface area contributed by atoms with Gasteiger partial charge in [0.2, 0.25) is 0 Å². The van der Waals surface area contributed by atoms with Crippen LogP contribution in [0.2, 0.25) is 0 Å². The van der Waals surface area contributed by atoms with Crippen LogP contribution >= 0.6 is 0 Å². The number of carbonyl (C=O) groups excluding carboxylic acids is 2. The summed E-state index contributed by atoms with van der Waals surface area (Å²) in [4.78, 5) is 22.5. The summed E-state index contributed by atoms with van der Waals surface area (Å²) in [7, 11) is 0. The summed E-state index contributed by atoms with van der Waals surface area (Å²) in [5, 5.41) is 0. The lowest BCUT2D eigenvalue weighted by Gasteiger charge is -2.07. The molecule has 0 saturated heterocycles. The summed E-state index contributed by atoms with van der Waals surface area (Å²) >= 11 is 0. The van der Waals surface area contributed by atoms with E-state index in [0.29, 0.717) is 18.1 Å². The molecule has 0 amide bonds. The molecular formula is C14H22O3. The topological polar surface area (TPSA) is 43.4 Å². The molecule has 0 bridgehead atoms. The molecular weight excluding hydrogens is 216 g/mol. The van der Waals surface area contributed by atoms with Crippen molar-refractivity contribution in [3.63, 3.8) is 0 Å². The van der Waals surface area contributed by atoms with Gasteiger partial charge in [-0.25, -0.2) is 0 Å². The molecule has 0 spiro atoms. The Morgan fingerprint density at radius 1 is 1.41 bits per heavy atom.